The van der Waals surface area contributed by atoms with Crippen LogP contribution in [-0.4, -0.2) is 42.1 Å². The summed E-state index contributed by atoms with van der Waals surface area (Å²) in [6.07, 6.45) is 1.52. The molecule has 0 saturated carbocycles. The van der Waals surface area contributed by atoms with Crippen LogP contribution >= 0.6 is 0 Å². The molecule has 1 rings (SSSR count). The van der Waals surface area contributed by atoms with Crippen LogP contribution in [0.5, 0.6) is 0 Å². The van der Waals surface area contributed by atoms with Gasteiger partial charge in [0.25, 0.3) is 0 Å². The first-order chi connectivity index (χ1) is 8.58. The first-order valence-corrected chi connectivity index (χ1v) is 6.81. The lowest BCUT2D eigenvalue weighted by molar-refractivity contribution is -0.906. The Hall–Kier alpha value is -0.900. The quantitative estimate of drug-likeness (QED) is 0.622. The molecule has 1 aromatic rings. The third-order valence-corrected chi connectivity index (χ3v) is 3.01. The Labute approximate surface area is 110 Å². The molecule has 0 aliphatic heterocycles. The van der Waals surface area contributed by atoms with Crippen LogP contribution in [0.25, 0.3) is 0 Å². The number of quaternary nitrogens is 1. The van der Waals surface area contributed by atoms with E-state index in [1.54, 1.807) is 13.8 Å². The molecule has 0 aliphatic carbocycles. The molecule has 0 bridgehead atoms. The summed E-state index contributed by atoms with van der Waals surface area (Å²) in [6, 6.07) is 10.4. The maximum absolute atomic E-state index is 9.45. The molecule has 0 aliphatic rings. The molecule has 0 aromatic heterocycles. The maximum Gasteiger partial charge on any atom is 0.103 e. The lowest BCUT2D eigenvalue weighted by Crippen LogP contribution is -3.14. The second kappa shape index (κ2) is 8.25. The molecule has 0 heterocycles. The number of aryl methyl sites for hydroxylation is 1. The van der Waals surface area contributed by atoms with Gasteiger partial charge in [0.1, 0.15) is 25.3 Å². The van der Waals surface area contributed by atoms with Crippen LogP contribution in [0.3, 0.4) is 0 Å². The summed E-state index contributed by atoms with van der Waals surface area (Å²) < 4.78 is 0. The standard InChI is InChI=1S/C15H25NO2/c1-13(17)11-16(12-14(2)18)10-6-9-15-7-4-3-5-8-15/h3-5,7-8,13-14,17-18H,6,9-12H2,1-2H3/p+1/t13-,14+. The minimum absolute atomic E-state index is 0.310. The number of rotatable bonds is 8. The molecule has 0 fully saturated rings. The normalized spacial score (nSPS) is 16.2. The molecule has 0 radical (unpaired) electrons. The number of nitrogens with one attached hydrogen (secondary N) is 1. The summed E-state index contributed by atoms with van der Waals surface area (Å²) in [5, 5.41) is 18.9. The molecule has 3 nitrogen and oxygen atoms in total. The predicted molar refractivity (Wildman–Crippen MR) is 73.7 cm³/mol. The molecule has 0 saturated heterocycles. The van der Waals surface area contributed by atoms with E-state index in [9.17, 15) is 10.2 Å². The van der Waals surface area contributed by atoms with E-state index < -0.39 is 0 Å². The van der Waals surface area contributed by atoms with Crippen molar-refractivity contribution in [2.75, 3.05) is 19.6 Å². The second-order valence-corrected chi connectivity index (χ2v) is 5.20. The van der Waals surface area contributed by atoms with Gasteiger partial charge in [-0.3, -0.25) is 0 Å². The van der Waals surface area contributed by atoms with E-state index in [0.717, 1.165) is 19.4 Å². The van der Waals surface area contributed by atoms with E-state index in [0.29, 0.717) is 13.1 Å². The smallest absolute Gasteiger partial charge is 0.103 e. The van der Waals surface area contributed by atoms with Crippen LogP contribution in [0.2, 0.25) is 0 Å². The van der Waals surface area contributed by atoms with Crippen LogP contribution in [0.1, 0.15) is 25.8 Å². The minimum atomic E-state index is -0.310. The van der Waals surface area contributed by atoms with Crippen molar-refractivity contribution in [3.05, 3.63) is 35.9 Å². The average Bonchev–Trinajstić information content (AvgIpc) is 2.28. The Balaban J connectivity index is 2.32. The Morgan fingerprint density at radius 1 is 1.00 bits per heavy atom. The highest BCUT2D eigenvalue weighted by atomic mass is 16.3. The Morgan fingerprint density at radius 3 is 2.06 bits per heavy atom. The molecule has 18 heavy (non-hydrogen) atoms. The molecule has 1 unspecified atom stereocenters. The summed E-state index contributed by atoms with van der Waals surface area (Å²) in [4.78, 5) is 1.27. The number of hydrogen-bond acceptors (Lipinski definition) is 2. The molecule has 102 valence electrons. The van der Waals surface area contributed by atoms with E-state index in [2.05, 4.69) is 24.3 Å². The van der Waals surface area contributed by atoms with Crippen molar-refractivity contribution in [1.82, 2.24) is 0 Å². The highest BCUT2D eigenvalue weighted by Gasteiger charge is 2.14. The molecule has 0 spiro atoms. The van der Waals surface area contributed by atoms with E-state index >= 15 is 0 Å². The fourth-order valence-corrected chi connectivity index (χ4v) is 2.31. The van der Waals surface area contributed by atoms with Crippen molar-refractivity contribution in [2.45, 2.75) is 38.9 Å². The molecule has 3 heteroatoms. The van der Waals surface area contributed by atoms with Gasteiger partial charge in [0.2, 0.25) is 0 Å². The zero-order valence-electron chi connectivity index (χ0n) is 11.5. The van der Waals surface area contributed by atoms with Crippen LogP contribution < -0.4 is 4.90 Å². The van der Waals surface area contributed by atoms with Gasteiger partial charge < -0.3 is 15.1 Å². The van der Waals surface area contributed by atoms with Crippen molar-refractivity contribution in [3.8, 4) is 0 Å². The Morgan fingerprint density at radius 2 is 1.56 bits per heavy atom. The van der Waals surface area contributed by atoms with E-state index in [1.807, 2.05) is 6.07 Å². The van der Waals surface area contributed by atoms with Gasteiger partial charge >= 0.3 is 0 Å². The topological polar surface area (TPSA) is 44.9 Å². The van der Waals surface area contributed by atoms with Crippen LogP contribution in [-0.2, 0) is 6.42 Å². The monoisotopic (exact) mass is 252 g/mol. The fourth-order valence-electron chi connectivity index (χ4n) is 2.31. The van der Waals surface area contributed by atoms with Gasteiger partial charge in [-0.1, -0.05) is 30.3 Å². The van der Waals surface area contributed by atoms with Crippen molar-refractivity contribution in [1.29, 1.82) is 0 Å². The van der Waals surface area contributed by atoms with Gasteiger partial charge in [0.15, 0.2) is 0 Å². The van der Waals surface area contributed by atoms with Gasteiger partial charge in [-0.15, -0.1) is 0 Å². The van der Waals surface area contributed by atoms with Crippen molar-refractivity contribution in [2.24, 2.45) is 0 Å². The first kappa shape index (κ1) is 15.2. The van der Waals surface area contributed by atoms with Gasteiger partial charge in [0, 0.05) is 6.42 Å². The average molecular weight is 252 g/mol. The number of aliphatic hydroxyl groups excluding tert-OH is 2. The summed E-state index contributed by atoms with van der Waals surface area (Å²) in [5.74, 6) is 0. The van der Waals surface area contributed by atoms with Crippen molar-refractivity contribution < 1.29 is 15.1 Å². The molecule has 1 aromatic carbocycles. The highest BCUT2D eigenvalue weighted by Crippen LogP contribution is 2.00. The second-order valence-electron chi connectivity index (χ2n) is 5.20. The zero-order chi connectivity index (χ0) is 13.4. The largest absolute Gasteiger partial charge is 0.388 e. The van der Waals surface area contributed by atoms with Gasteiger partial charge in [-0.25, -0.2) is 0 Å². The van der Waals surface area contributed by atoms with E-state index in [1.165, 1.54) is 10.5 Å². The maximum atomic E-state index is 9.45. The summed E-state index contributed by atoms with van der Waals surface area (Å²) in [6.45, 7) is 6.02. The molecular weight excluding hydrogens is 226 g/mol. The molecule has 0 amide bonds. The highest BCUT2D eigenvalue weighted by molar-refractivity contribution is 5.14. The molecular formula is C15H26NO2+. The third-order valence-electron chi connectivity index (χ3n) is 3.01. The summed E-state index contributed by atoms with van der Waals surface area (Å²) >= 11 is 0. The lowest BCUT2D eigenvalue weighted by Gasteiger charge is -2.22. The SMILES string of the molecule is C[C@H](O)C[NH+](CCCc1ccccc1)C[C@@H](C)O. The molecule has 3 atom stereocenters. The third kappa shape index (κ3) is 6.74. The Kier molecular flexibility index (Phi) is 6.94. The zero-order valence-corrected chi connectivity index (χ0v) is 11.5. The summed E-state index contributed by atoms with van der Waals surface area (Å²) in [5.41, 5.74) is 1.35. The minimum Gasteiger partial charge on any atom is -0.388 e. The fraction of sp³-hybridized carbons (Fsp3) is 0.600. The summed E-state index contributed by atoms with van der Waals surface area (Å²) in [7, 11) is 0. The van der Waals surface area contributed by atoms with Crippen LogP contribution in [0.15, 0.2) is 30.3 Å². The number of hydrogen-bond donors (Lipinski definition) is 3. The van der Waals surface area contributed by atoms with Gasteiger partial charge in [-0.05, 0) is 25.8 Å². The van der Waals surface area contributed by atoms with E-state index in [-0.39, 0.29) is 12.2 Å². The first-order valence-electron chi connectivity index (χ1n) is 6.81. The number of aliphatic hydroxyl groups is 2. The molecule has 3 N–H and O–H groups in total. The van der Waals surface area contributed by atoms with E-state index in [4.69, 9.17) is 0 Å². The lowest BCUT2D eigenvalue weighted by atomic mass is 10.1. The van der Waals surface area contributed by atoms with Gasteiger partial charge in [0.05, 0.1) is 6.54 Å². The van der Waals surface area contributed by atoms with Crippen LogP contribution in [0.4, 0.5) is 0 Å². The van der Waals surface area contributed by atoms with Crippen molar-refractivity contribution in [3.63, 3.8) is 0 Å². The van der Waals surface area contributed by atoms with Crippen molar-refractivity contribution >= 4 is 0 Å². The van der Waals surface area contributed by atoms with Crippen LogP contribution in [0, 0.1) is 0 Å². The number of benzene rings is 1. The predicted octanol–water partition coefficient (Wildman–Crippen LogP) is 0.266. The van der Waals surface area contributed by atoms with Gasteiger partial charge in [-0.2, -0.15) is 0 Å². The Bertz CT molecular complexity index is 302.